The fraction of sp³-hybridized carbons (Fsp3) is 0.286. The molecule has 2 aromatic rings. The SMILES string of the molecule is CCOc1ccc(Nc2nccn(CC)c2=O)cc1. The first kappa shape index (κ1) is 13.1. The van der Waals surface area contributed by atoms with Crippen LogP contribution in [0.15, 0.2) is 41.5 Å². The standard InChI is InChI=1S/C14H17N3O2/c1-3-17-10-9-15-13(14(17)18)16-11-5-7-12(8-6-11)19-4-2/h5-10H,3-4H2,1-2H3,(H,15,16). The second kappa shape index (κ2) is 6.04. The van der Waals surface area contributed by atoms with Gasteiger partial charge in [-0.2, -0.15) is 0 Å². The van der Waals surface area contributed by atoms with Gasteiger partial charge in [-0.1, -0.05) is 0 Å². The minimum Gasteiger partial charge on any atom is -0.494 e. The number of ether oxygens (including phenoxy) is 1. The summed E-state index contributed by atoms with van der Waals surface area (Å²) < 4.78 is 6.96. The molecule has 5 nitrogen and oxygen atoms in total. The second-order valence-corrected chi connectivity index (χ2v) is 3.95. The number of hydrogen-bond acceptors (Lipinski definition) is 4. The summed E-state index contributed by atoms with van der Waals surface area (Å²) in [7, 11) is 0. The smallest absolute Gasteiger partial charge is 0.293 e. The third-order valence-corrected chi connectivity index (χ3v) is 2.68. The molecule has 0 atom stereocenters. The summed E-state index contributed by atoms with van der Waals surface area (Å²) in [4.78, 5) is 16.1. The monoisotopic (exact) mass is 259 g/mol. The molecule has 0 aliphatic rings. The van der Waals surface area contributed by atoms with Crippen molar-refractivity contribution in [3.05, 3.63) is 47.0 Å². The number of hydrogen-bond donors (Lipinski definition) is 1. The lowest BCUT2D eigenvalue weighted by atomic mass is 10.3. The molecule has 5 heteroatoms. The summed E-state index contributed by atoms with van der Waals surface area (Å²) in [5.41, 5.74) is 0.681. The number of nitrogens with zero attached hydrogens (tertiary/aromatic N) is 2. The molecule has 1 N–H and O–H groups in total. The fourth-order valence-electron chi connectivity index (χ4n) is 1.72. The van der Waals surface area contributed by atoms with E-state index in [1.807, 2.05) is 38.1 Å². The van der Waals surface area contributed by atoms with Crippen LogP contribution in [-0.2, 0) is 6.54 Å². The van der Waals surface area contributed by atoms with Crippen molar-refractivity contribution in [2.24, 2.45) is 0 Å². The predicted octanol–water partition coefficient (Wildman–Crippen LogP) is 2.41. The van der Waals surface area contributed by atoms with Crippen molar-refractivity contribution < 1.29 is 4.74 Å². The van der Waals surface area contributed by atoms with Crippen LogP contribution in [0.3, 0.4) is 0 Å². The lowest BCUT2D eigenvalue weighted by Gasteiger charge is -2.08. The predicted molar refractivity (Wildman–Crippen MR) is 75.1 cm³/mol. The van der Waals surface area contributed by atoms with Crippen molar-refractivity contribution in [1.82, 2.24) is 9.55 Å². The first-order valence-corrected chi connectivity index (χ1v) is 6.30. The van der Waals surface area contributed by atoms with E-state index >= 15 is 0 Å². The van der Waals surface area contributed by atoms with Crippen LogP contribution in [0.4, 0.5) is 11.5 Å². The van der Waals surface area contributed by atoms with Crippen molar-refractivity contribution in [1.29, 1.82) is 0 Å². The number of aromatic nitrogens is 2. The number of aryl methyl sites for hydroxylation is 1. The highest BCUT2D eigenvalue weighted by Crippen LogP contribution is 2.17. The van der Waals surface area contributed by atoms with E-state index in [9.17, 15) is 4.79 Å². The molecule has 0 aliphatic carbocycles. The Labute approximate surface area is 111 Å². The van der Waals surface area contributed by atoms with Crippen LogP contribution in [0.2, 0.25) is 0 Å². The largest absolute Gasteiger partial charge is 0.494 e. The van der Waals surface area contributed by atoms with E-state index in [-0.39, 0.29) is 5.56 Å². The first-order chi connectivity index (χ1) is 9.24. The van der Waals surface area contributed by atoms with Crippen LogP contribution in [0.1, 0.15) is 13.8 Å². The zero-order valence-corrected chi connectivity index (χ0v) is 11.1. The molecule has 100 valence electrons. The van der Waals surface area contributed by atoms with Gasteiger partial charge in [-0.25, -0.2) is 4.98 Å². The highest BCUT2D eigenvalue weighted by Gasteiger charge is 2.04. The molecule has 19 heavy (non-hydrogen) atoms. The van der Waals surface area contributed by atoms with Crippen LogP contribution >= 0.6 is 0 Å². The van der Waals surface area contributed by atoms with Gasteiger partial charge in [0.1, 0.15) is 5.75 Å². The van der Waals surface area contributed by atoms with Crippen molar-refractivity contribution in [3.8, 4) is 5.75 Å². The number of rotatable bonds is 5. The molecule has 0 saturated carbocycles. The summed E-state index contributed by atoms with van der Waals surface area (Å²) in [5.74, 6) is 1.13. The van der Waals surface area contributed by atoms with E-state index in [1.54, 1.807) is 17.0 Å². The molecule has 0 amide bonds. The summed E-state index contributed by atoms with van der Waals surface area (Å²) in [6, 6.07) is 7.42. The molecular formula is C14H17N3O2. The van der Waals surface area contributed by atoms with Crippen LogP contribution in [0.5, 0.6) is 5.75 Å². The third-order valence-electron chi connectivity index (χ3n) is 2.68. The highest BCUT2D eigenvalue weighted by molar-refractivity contribution is 5.56. The quantitative estimate of drug-likeness (QED) is 0.895. The first-order valence-electron chi connectivity index (χ1n) is 6.30. The minimum atomic E-state index is -0.126. The molecule has 0 bridgehead atoms. The van der Waals surface area contributed by atoms with E-state index in [2.05, 4.69) is 10.3 Å². The normalized spacial score (nSPS) is 10.2. The summed E-state index contributed by atoms with van der Waals surface area (Å²) in [6.07, 6.45) is 3.29. The van der Waals surface area contributed by atoms with E-state index < -0.39 is 0 Å². The van der Waals surface area contributed by atoms with Gasteiger partial charge in [-0.05, 0) is 38.1 Å². The van der Waals surface area contributed by atoms with Crippen molar-refractivity contribution in [2.45, 2.75) is 20.4 Å². The molecule has 0 unspecified atom stereocenters. The zero-order chi connectivity index (χ0) is 13.7. The van der Waals surface area contributed by atoms with E-state index in [4.69, 9.17) is 4.74 Å². The summed E-state index contributed by atoms with van der Waals surface area (Å²) in [5, 5.41) is 3.02. The van der Waals surface area contributed by atoms with Gasteiger partial charge in [0.25, 0.3) is 5.56 Å². The lowest BCUT2D eigenvalue weighted by Crippen LogP contribution is -2.22. The average Bonchev–Trinajstić information content (AvgIpc) is 2.43. The van der Waals surface area contributed by atoms with Crippen LogP contribution in [0, 0.1) is 0 Å². The highest BCUT2D eigenvalue weighted by atomic mass is 16.5. The van der Waals surface area contributed by atoms with Gasteiger partial charge in [-0.15, -0.1) is 0 Å². The molecule has 2 rings (SSSR count). The molecule has 0 radical (unpaired) electrons. The maximum atomic E-state index is 12.0. The number of anilines is 2. The zero-order valence-electron chi connectivity index (χ0n) is 11.1. The van der Waals surface area contributed by atoms with Gasteiger partial charge in [0.15, 0.2) is 5.82 Å². The van der Waals surface area contributed by atoms with E-state index in [0.717, 1.165) is 11.4 Å². The maximum Gasteiger partial charge on any atom is 0.293 e. The average molecular weight is 259 g/mol. The van der Waals surface area contributed by atoms with Crippen molar-refractivity contribution in [2.75, 3.05) is 11.9 Å². The Hall–Kier alpha value is -2.30. The summed E-state index contributed by atoms with van der Waals surface area (Å²) in [6.45, 7) is 5.11. The molecule has 1 heterocycles. The Kier molecular flexibility index (Phi) is 4.18. The van der Waals surface area contributed by atoms with Crippen molar-refractivity contribution in [3.63, 3.8) is 0 Å². The third kappa shape index (κ3) is 3.13. The topological polar surface area (TPSA) is 56.1 Å². The Morgan fingerprint density at radius 1 is 1.26 bits per heavy atom. The van der Waals surface area contributed by atoms with Crippen LogP contribution in [-0.4, -0.2) is 16.2 Å². The van der Waals surface area contributed by atoms with Gasteiger partial charge in [0.05, 0.1) is 6.61 Å². The number of nitrogens with one attached hydrogen (secondary N) is 1. The Balaban J connectivity index is 2.19. The van der Waals surface area contributed by atoms with Gasteiger partial charge >= 0.3 is 0 Å². The maximum absolute atomic E-state index is 12.0. The Morgan fingerprint density at radius 2 is 2.00 bits per heavy atom. The van der Waals surface area contributed by atoms with Crippen LogP contribution in [0.25, 0.3) is 0 Å². The minimum absolute atomic E-state index is 0.126. The molecule has 1 aromatic carbocycles. The van der Waals surface area contributed by atoms with Gasteiger partial charge in [0.2, 0.25) is 0 Å². The lowest BCUT2D eigenvalue weighted by molar-refractivity contribution is 0.340. The van der Waals surface area contributed by atoms with Gasteiger partial charge in [-0.3, -0.25) is 4.79 Å². The van der Waals surface area contributed by atoms with Gasteiger partial charge in [0, 0.05) is 24.6 Å². The van der Waals surface area contributed by atoms with Gasteiger partial charge < -0.3 is 14.6 Å². The molecule has 0 fully saturated rings. The molecule has 0 saturated heterocycles. The van der Waals surface area contributed by atoms with E-state index in [1.165, 1.54) is 0 Å². The fourth-order valence-corrected chi connectivity index (χ4v) is 1.72. The van der Waals surface area contributed by atoms with Crippen LogP contribution < -0.4 is 15.6 Å². The Morgan fingerprint density at radius 3 is 2.63 bits per heavy atom. The number of benzene rings is 1. The molecule has 0 aliphatic heterocycles. The molecule has 0 spiro atoms. The van der Waals surface area contributed by atoms with Crippen molar-refractivity contribution >= 4 is 11.5 Å². The Bertz CT molecular complexity index is 590. The van der Waals surface area contributed by atoms with E-state index in [0.29, 0.717) is 19.0 Å². The molecular weight excluding hydrogens is 242 g/mol. The summed E-state index contributed by atoms with van der Waals surface area (Å²) >= 11 is 0. The second-order valence-electron chi connectivity index (χ2n) is 3.95. The molecule has 1 aromatic heterocycles.